The van der Waals surface area contributed by atoms with Gasteiger partial charge in [0.15, 0.2) is 0 Å². The normalized spacial score (nSPS) is 24.6. The molecular weight excluding hydrogens is 254 g/mol. The van der Waals surface area contributed by atoms with Crippen molar-refractivity contribution < 1.29 is 4.74 Å². The summed E-state index contributed by atoms with van der Waals surface area (Å²) in [5.74, 6) is 0. The van der Waals surface area contributed by atoms with Crippen LogP contribution in [0, 0.1) is 0 Å². The Morgan fingerprint density at radius 1 is 1.40 bits per heavy atom. The lowest BCUT2D eigenvalue weighted by Crippen LogP contribution is -2.29. The number of likely N-dealkylation sites (N-methyl/N-ethyl adjacent to an activating group) is 1. The number of hydrogen-bond acceptors (Lipinski definition) is 2. The summed E-state index contributed by atoms with van der Waals surface area (Å²) in [4.78, 5) is 2.23. The van der Waals surface area contributed by atoms with Gasteiger partial charge in [0.1, 0.15) is 0 Å². The van der Waals surface area contributed by atoms with Gasteiger partial charge in [-0.2, -0.15) is 0 Å². The molecule has 3 heteroatoms. The van der Waals surface area contributed by atoms with E-state index in [2.05, 4.69) is 53.1 Å². The minimum Gasteiger partial charge on any atom is -0.379 e. The molecule has 1 aromatic rings. The van der Waals surface area contributed by atoms with E-state index in [9.17, 15) is 0 Å². The van der Waals surface area contributed by atoms with Crippen LogP contribution in [0.15, 0.2) is 22.7 Å². The van der Waals surface area contributed by atoms with Gasteiger partial charge >= 0.3 is 0 Å². The third-order valence-electron chi connectivity index (χ3n) is 3.06. The molecule has 2 rings (SSSR count). The Balaban J connectivity index is 2.41. The predicted molar refractivity (Wildman–Crippen MR) is 65.1 cm³/mol. The van der Waals surface area contributed by atoms with E-state index in [-0.39, 0.29) is 6.10 Å². The van der Waals surface area contributed by atoms with E-state index in [0.29, 0.717) is 6.04 Å². The standard InChI is InChI=1S/C12H16BrNO/c1-14(2)12-10-7-9(13)5-4-8(10)6-11(12)15-3/h4-5,7,11-12H,6H2,1-3H3/t11-,12-/m1/s1. The first kappa shape index (κ1) is 11.1. The van der Waals surface area contributed by atoms with Gasteiger partial charge in [0.2, 0.25) is 0 Å². The molecule has 0 saturated carbocycles. The Morgan fingerprint density at radius 3 is 2.73 bits per heavy atom. The minimum absolute atomic E-state index is 0.282. The highest BCUT2D eigenvalue weighted by atomic mass is 79.9. The smallest absolute Gasteiger partial charge is 0.0808 e. The maximum absolute atomic E-state index is 5.55. The van der Waals surface area contributed by atoms with Gasteiger partial charge in [0.25, 0.3) is 0 Å². The number of ether oxygens (including phenoxy) is 1. The molecule has 0 spiro atoms. The molecule has 0 bridgehead atoms. The summed E-state index contributed by atoms with van der Waals surface area (Å²) in [6, 6.07) is 6.87. The van der Waals surface area contributed by atoms with E-state index < -0.39 is 0 Å². The summed E-state index contributed by atoms with van der Waals surface area (Å²) >= 11 is 3.52. The van der Waals surface area contributed by atoms with Gasteiger partial charge in [-0.05, 0) is 37.4 Å². The molecule has 15 heavy (non-hydrogen) atoms. The second-order valence-electron chi connectivity index (χ2n) is 4.23. The molecule has 0 aliphatic heterocycles. The Hall–Kier alpha value is -0.380. The Labute approximate surface area is 99.4 Å². The van der Waals surface area contributed by atoms with Gasteiger partial charge in [-0.25, -0.2) is 0 Å². The lowest BCUT2D eigenvalue weighted by Gasteiger charge is -2.26. The van der Waals surface area contributed by atoms with E-state index in [4.69, 9.17) is 4.74 Å². The Morgan fingerprint density at radius 2 is 2.13 bits per heavy atom. The van der Waals surface area contributed by atoms with Crippen LogP contribution in [-0.4, -0.2) is 32.2 Å². The number of nitrogens with zero attached hydrogens (tertiary/aromatic N) is 1. The molecule has 2 nitrogen and oxygen atoms in total. The molecule has 1 aliphatic carbocycles. The third kappa shape index (κ3) is 1.96. The highest BCUT2D eigenvalue weighted by Gasteiger charge is 2.33. The predicted octanol–water partition coefficient (Wildman–Crippen LogP) is 2.62. The van der Waals surface area contributed by atoms with Crippen LogP contribution in [0.1, 0.15) is 17.2 Å². The molecule has 1 aliphatic rings. The van der Waals surface area contributed by atoms with Gasteiger partial charge in [-0.3, -0.25) is 0 Å². The third-order valence-corrected chi connectivity index (χ3v) is 3.55. The van der Waals surface area contributed by atoms with E-state index >= 15 is 0 Å². The molecule has 2 atom stereocenters. The number of benzene rings is 1. The average molecular weight is 270 g/mol. The summed E-state index contributed by atoms with van der Waals surface area (Å²) < 4.78 is 6.69. The van der Waals surface area contributed by atoms with Crippen LogP contribution in [0.25, 0.3) is 0 Å². The van der Waals surface area contributed by atoms with Crippen molar-refractivity contribution in [3.05, 3.63) is 33.8 Å². The van der Waals surface area contributed by atoms with E-state index in [1.807, 2.05) is 0 Å². The number of rotatable bonds is 2. The molecule has 0 saturated heterocycles. The van der Waals surface area contributed by atoms with Crippen LogP contribution in [-0.2, 0) is 11.2 Å². The highest BCUT2D eigenvalue weighted by Crippen LogP contribution is 2.37. The first-order valence-corrected chi connectivity index (χ1v) is 5.90. The van der Waals surface area contributed by atoms with Crippen molar-refractivity contribution in [3.63, 3.8) is 0 Å². The fourth-order valence-corrected chi connectivity index (χ4v) is 2.76. The zero-order chi connectivity index (χ0) is 11.0. The fraction of sp³-hybridized carbons (Fsp3) is 0.500. The summed E-state index contributed by atoms with van der Waals surface area (Å²) in [6.07, 6.45) is 1.30. The van der Waals surface area contributed by atoms with Crippen LogP contribution in [0.2, 0.25) is 0 Å². The van der Waals surface area contributed by atoms with Gasteiger partial charge in [0, 0.05) is 18.0 Å². The summed E-state index contributed by atoms with van der Waals surface area (Å²) in [6.45, 7) is 0. The van der Waals surface area contributed by atoms with Crippen molar-refractivity contribution in [2.24, 2.45) is 0 Å². The van der Waals surface area contributed by atoms with Crippen molar-refractivity contribution in [1.29, 1.82) is 0 Å². The molecule has 0 unspecified atom stereocenters. The van der Waals surface area contributed by atoms with Crippen molar-refractivity contribution >= 4 is 15.9 Å². The number of hydrogen-bond donors (Lipinski definition) is 0. The summed E-state index contributed by atoms with van der Waals surface area (Å²) in [5.41, 5.74) is 2.80. The molecule has 0 N–H and O–H groups in total. The maximum atomic E-state index is 5.55. The van der Waals surface area contributed by atoms with E-state index in [1.54, 1.807) is 7.11 Å². The number of fused-ring (bicyclic) bond motifs is 1. The van der Waals surface area contributed by atoms with Gasteiger partial charge < -0.3 is 9.64 Å². The second kappa shape index (κ2) is 4.24. The van der Waals surface area contributed by atoms with Gasteiger partial charge in [-0.1, -0.05) is 22.0 Å². The highest BCUT2D eigenvalue weighted by molar-refractivity contribution is 9.10. The molecule has 0 heterocycles. The SMILES string of the molecule is CO[C@@H]1Cc2ccc(Br)cc2[C@H]1N(C)C. The van der Waals surface area contributed by atoms with Crippen molar-refractivity contribution in [2.75, 3.05) is 21.2 Å². The lowest BCUT2D eigenvalue weighted by atomic mass is 10.1. The molecule has 0 amide bonds. The van der Waals surface area contributed by atoms with Crippen LogP contribution >= 0.6 is 15.9 Å². The van der Waals surface area contributed by atoms with E-state index in [0.717, 1.165) is 10.9 Å². The molecular formula is C12H16BrNO. The van der Waals surface area contributed by atoms with Crippen LogP contribution in [0.4, 0.5) is 0 Å². The Kier molecular flexibility index (Phi) is 3.14. The topological polar surface area (TPSA) is 12.5 Å². The summed E-state index contributed by atoms with van der Waals surface area (Å²) in [7, 11) is 6.00. The van der Waals surface area contributed by atoms with Crippen molar-refractivity contribution in [3.8, 4) is 0 Å². The second-order valence-corrected chi connectivity index (χ2v) is 5.15. The van der Waals surface area contributed by atoms with Crippen molar-refractivity contribution in [2.45, 2.75) is 18.6 Å². The van der Waals surface area contributed by atoms with Crippen LogP contribution in [0.3, 0.4) is 0 Å². The van der Waals surface area contributed by atoms with Crippen LogP contribution in [0.5, 0.6) is 0 Å². The molecule has 1 aromatic carbocycles. The maximum Gasteiger partial charge on any atom is 0.0808 e. The number of methoxy groups -OCH3 is 1. The average Bonchev–Trinajstić information content (AvgIpc) is 2.55. The first-order chi connectivity index (χ1) is 7.13. The lowest BCUT2D eigenvalue weighted by molar-refractivity contribution is 0.0436. The fourth-order valence-electron chi connectivity index (χ4n) is 2.38. The number of halogens is 1. The zero-order valence-electron chi connectivity index (χ0n) is 9.33. The largest absolute Gasteiger partial charge is 0.379 e. The van der Waals surface area contributed by atoms with E-state index in [1.165, 1.54) is 11.1 Å². The molecule has 0 fully saturated rings. The minimum atomic E-state index is 0.282. The van der Waals surface area contributed by atoms with Gasteiger partial charge in [-0.15, -0.1) is 0 Å². The quantitative estimate of drug-likeness (QED) is 0.819. The molecule has 0 radical (unpaired) electrons. The Bertz CT molecular complexity index is 365. The monoisotopic (exact) mass is 269 g/mol. The summed E-state index contributed by atoms with van der Waals surface area (Å²) in [5, 5.41) is 0. The van der Waals surface area contributed by atoms with Gasteiger partial charge in [0.05, 0.1) is 12.1 Å². The molecule has 82 valence electrons. The molecule has 0 aromatic heterocycles. The first-order valence-electron chi connectivity index (χ1n) is 5.11. The van der Waals surface area contributed by atoms with Crippen LogP contribution < -0.4 is 0 Å². The zero-order valence-corrected chi connectivity index (χ0v) is 10.9. The van der Waals surface area contributed by atoms with Crippen molar-refractivity contribution in [1.82, 2.24) is 4.90 Å².